The maximum atomic E-state index is 7.59. The molecular formula is C71H55BN2OS2. The molecule has 0 saturated carbocycles. The van der Waals surface area contributed by atoms with Crippen LogP contribution in [-0.4, -0.2) is 11.3 Å². The minimum absolute atomic E-state index is 0.0261. The maximum Gasteiger partial charge on any atom is 0.269 e. The Morgan fingerprint density at radius 2 is 1.23 bits per heavy atom. The van der Waals surface area contributed by atoms with Gasteiger partial charge in [0.2, 0.25) is 0 Å². The van der Waals surface area contributed by atoms with Crippen LogP contribution < -0.4 is 25.3 Å². The van der Waals surface area contributed by atoms with E-state index in [-0.39, 0.29) is 23.0 Å². The van der Waals surface area contributed by atoms with E-state index in [1.807, 2.05) is 22.7 Å². The largest absolute Gasteiger partial charge is 0.457 e. The van der Waals surface area contributed by atoms with Crippen molar-refractivity contribution < 1.29 is 4.74 Å². The van der Waals surface area contributed by atoms with Gasteiger partial charge in [-0.1, -0.05) is 183 Å². The summed E-state index contributed by atoms with van der Waals surface area (Å²) in [6, 6.07) is 71.9. The Morgan fingerprint density at radius 3 is 2.05 bits per heavy atom. The zero-order valence-corrected chi connectivity index (χ0v) is 46.2. The van der Waals surface area contributed by atoms with Gasteiger partial charge in [0.1, 0.15) is 11.5 Å². The van der Waals surface area contributed by atoms with E-state index in [0.717, 1.165) is 34.0 Å². The fourth-order valence-electron chi connectivity index (χ4n) is 13.6. The first-order valence-electron chi connectivity index (χ1n) is 27.2. The minimum atomic E-state index is -0.146. The van der Waals surface area contributed by atoms with Crippen molar-refractivity contribution in [2.45, 2.75) is 71.6 Å². The van der Waals surface area contributed by atoms with Gasteiger partial charge in [-0.05, 0) is 138 Å². The Morgan fingerprint density at radius 1 is 0.519 bits per heavy atom. The van der Waals surface area contributed by atoms with Crippen molar-refractivity contribution in [3.8, 4) is 39.4 Å². The van der Waals surface area contributed by atoms with Gasteiger partial charge in [-0.2, -0.15) is 0 Å². The molecule has 0 unspecified atom stereocenters. The van der Waals surface area contributed by atoms with Crippen molar-refractivity contribution in [1.29, 1.82) is 0 Å². The average molecular weight is 1030 g/mol. The fourth-order valence-corrected chi connectivity index (χ4v) is 16.1. The summed E-state index contributed by atoms with van der Waals surface area (Å²) in [6.45, 7) is 18.5. The van der Waals surface area contributed by atoms with Crippen LogP contribution >= 0.6 is 22.7 Å². The van der Waals surface area contributed by atoms with E-state index in [1.54, 1.807) is 0 Å². The molecule has 10 aromatic carbocycles. The molecule has 0 bridgehead atoms. The van der Waals surface area contributed by atoms with E-state index >= 15 is 0 Å². The molecule has 77 heavy (non-hydrogen) atoms. The second-order valence-electron chi connectivity index (χ2n) is 24.4. The Bertz CT molecular complexity index is 4730. The average Bonchev–Trinajstić information content (AvgIpc) is 4.22. The predicted molar refractivity (Wildman–Crippen MR) is 333 cm³/mol. The van der Waals surface area contributed by atoms with Crippen molar-refractivity contribution in [3.05, 3.63) is 210 Å². The molecule has 0 amide bonds. The molecule has 370 valence electrons. The summed E-state index contributed by atoms with van der Waals surface area (Å²) in [6.07, 6.45) is 0. The normalized spacial score (nSPS) is 14.4. The van der Waals surface area contributed by atoms with Gasteiger partial charge in [0.15, 0.2) is 0 Å². The molecule has 5 heterocycles. The summed E-state index contributed by atoms with van der Waals surface area (Å²) in [5.41, 5.74) is 19.7. The van der Waals surface area contributed by atoms with Crippen LogP contribution in [0, 0.1) is 0 Å². The summed E-state index contributed by atoms with van der Waals surface area (Å²) in [5, 5.41) is 8.77. The molecule has 13 aromatic rings. The summed E-state index contributed by atoms with van der Waals surface area (Å²) in [4.78, 5) is 2.63. The molecule has 0 fully saturated rings. The van der Waals surface area contributed by atoms with E-state index in [9.17, 15) is 0 Å². The van der Waals surface area contributed by atoms with Crippen LogP contribution in [0.5, 0.6) is 11.5 Å². The van der Waals surface area contributed by atoms with Gasteiger partial charge in [-0.3, -0.25) is 0 Å². The van der Waals surface area contributed by atoms with E-state index in [4.69, 9.17) is 4.74 Å². The van der Waals surface area contributed by atoms with Crippen molar-refractivity contribution in [3.63, 3.8) is 0 Å². The molecule has 2 aliphatic heterocycles. The van der Waals surface area contributed by atoms with Crippen LogP contribution in [0.2, 0.25) is 0 Å². The van der Waals surface area contributed by atoms with Crippen molar-refractivity contribution >= 4 is 125 Å². The van der Waals surface area contributed by atoms with Crippen LogP contribution in [0.3, 0.4) is 0 Å². The Hall–Kier alpha value is -7.90. The highest BCUT2D eigenvalue weighted by Crippen LogP contribution is 2.56. The van der Waals surface area contributed by atoms with Gasteiger partial charge in [0.05, 0.1) is 27.1 Å². The molecule has 3 aliphatic rings. The quantitative estimate of drug-likeness (QED) is 0.164. The van der Waals surface area contributed by atoms with E-state index in [1.165, 1.54) is 123 Å². The lowest BCUT2D eigenvalue weighted by Crippen LogP contribution is -2.59. The predicted octanol–water partition coefficient (Wildman–Crippen LogP) is 18.5. The number of para-hydroxylation sites is 1. The lowest BCUT2D eigenvalue weighted by molar-refractivity contribution is 0.494. The topological polar surface area (TPSA) is 17.4 Å². The van der Waals surface area contributed by atoms with E-state index in [2.05, 4.69) is 253 Å². The van der Waals surface area contributed by atoms with Gasteiger partial charge in [-0.25, -0.2) is 0 Å². The number of hydrogen-bond acceptors (Lipinski definition) is 4. The lowest BCUT2D eigenvalue weighted by Gasteiger charge is -2.41. The number of benzene rings is 10. The molecule has 3 aromatic heterocycles. The second kappa shape index (κ2) is 15.6. The number of nitrogens with zero attached hydrogens (tertiary/aromatic N) is 2. The number of ether oxygens (including phenoxy) is 1. The van der Waals surface area contributed by atoms with Crippen molar-refractivity contribution in [2.24, 2.45) is 0 Å². The molecule has 6 heteroatoms. The summed E-state index contributed by atoms with van der Waals surface area (Å²) >= 11 is 3.83. The third-order valence-corrected chi connectivity index (χ3v) is 19.9. The van der Waals surface area contributed by atoms with E-state index in [0.29, 0.717) is 0 Å². The van der Waals surface area contributed by atoms with Crippen molar-refractivity contribution in [1.82, 2.24) is 4.57 Å². The Balaban J connectivity index is 1.10. The van der Waals surface area contributed by atoms with Crippen LogP contribution in [-0.2, 0) is 16.2 Å². The lowest BCUT2D eigenvalue weighted by atomic mass is 9.36. The maximum absolute atomic E-state index is 7.59. The number of hydrogen-bond donors (Lipinski definition) is 0. The number of anilines is 3. The van der Waals surface area contributed by atoms with Gasteiger partial charge in [0, 0.05) is 57.9 Å². The molecule has 0 spiro atoms. The van der Waals surface area contributed by atoms with E-state index < -0.39 is 0 Å². The first-order valence-corrected chi connectivity index (χ1v) is 28.8. The second-order valence-corrected chi connectivity index (χ2v) is 26.6. The molecule has 1 aliphatic carbocycles. The highest BCUT2D eigenvalue weighted by molar-refractivity contribution is 7.33. The Kier molecular flexibility index (Phi) is 9.19. The zero-order chi connectivity index (χ0) is 52.0. The molecule has 0 saturated heterocycles. The molecule has 0 radical (unpaired) electrons. The standard InChI is InChI=1S/C71H55BN2OS2/c1-69(2,3)44-27-30-46(31-28-44)73-57-36-43(42-26-25-40-17-9-10-18-41(40)35-42)37-58-63(57)72(68-66(75-58)51-38-45(70(4,5)6)29-34-60(51)77-68)54-39-50-47-19-13-16-24-59(47)76-67(50)65(64(54)73)74-55-23-15-12-21-49(55)62-56(74)33-32-53-61(62)48-20-11-14-22-52(48)71(53,7)8/h9-39H,1-8H3. The van der Waals surface area contributed by atoms with Crippen LogP contribution in [0.15, 0.2) is 188 Å². The molecule has 0 N–H and O–H groups in total. The minimum Gasteiger partial charge on any atom is -0.457 e. The number of thiophene rings is 2. The smallest absolute Gasteiger partial charge is 0.269 e. The highest BCUT2D eigenvalue weighted by atomic mass is 32.1. The monoisotopic (exact) mass is 1030 g/mol. The van der Waals surface area contributed by atoms with Gasteiger partial charge < -0.3 is 14.2 Å². The van der Waals surface area contributed by atoms with Crippen molar-refractivity contribution in [2.75, 3.05) is 4.90 Å². The zero-order valence-electron chi connectivity index (χ0n) is 44.6. The Labute approximate surface area is 457 Å². The first-order chi connectivity index (χ1) is 37.2. The number of aromatic nitrogens is 1. The van der Waals surface area contributed by atoms with Gasteiger partial charge in [-0.15, -0.1) is 22.7 Å². The molecule has 0 atom stereocenters. The summed E-state index contributed by atoms with van der Waals surface area (Å²) in [5.74, 6) is 1.89. The third kappa shape index (κ3) is 6.31. The third-order valence-electron chi connectivity index (χ3n) is 17.5. The number of rotatable bonds is 3. The SMILES string of the molecule is CC(C)(C)c1ccc(N2c3cc(-c4ccc5ccccc5c4)cc4c3B(c3cc5c(sc6ccccc65)c(-n5c6ccccc6c6c7c(ccc65)C(C)(C)c5ccccc5-7)c32)c2sc3ccc(C(C)(C)C)cc3c2O4)cc1. The van der Waals surface area contributed by atoms with Gasteiger partial charge in [0.25, 0.3) is 6.71 Å². The summed E-state index contributed by atoms with van der Waals surface area (Å²) < 4.78 is 15.3. The van der Waals surface area contributed by atoms with Gasteiger partial charge >= 0.3 is 0 Å². The number of fused-ring (bicyclic) bond motifs is 17. The fraction of sp³-hybridized carbons (Fsp3) is 0.155. The summed E-state index contributed by atoms with van der Waals surface area (Å²) in [7, 11) is 0. The van der Waals surface area contributed by atoms with Crippen LogP contribution in [0.4, 0.5) is 17.1 Å². The first kappa shape index (κ1) is 45.3. The molecule has 3 nitrogen and oxygen atoms in total. The van der Waals surface area contributed by atoms with Crippen LogP contribution in [0.1, 0.15) is 77.6 Å². The molecular weight excluding hydrogens is 972 g/mol. The van der Waals surface area contributed by atoms with Crippen LogP contribution in [0.25, 0.3) is 90.8 Å². The molecule has 16 rings (SSSR count). The highest BCUT2D eigenvalue weighted by Gasteiger charge is 2.47.